The van der Waals surface area contributed by atoms with E-state index in [1.807, 2.05) is 6.07 Å². The summed E-state index contributed by atoms with van der Waals surface area (Å²) >= 11 is 0. The molecule has 16 heavy (non-hydrogen) atoms. The lowest BCUT2D eigenvalue weighted by Crippen LogP contribution is -2.23. The van der Waals surface area contributed by atoms with Gasteiger partial charge in [0.15, 0.2) is 11.9 Å². The van der Waals surface area contributed by atoms with Gasteiger partial charge in [0.25, 0.3) is 0 Å². The van der Waals surface area contributed by atoms with Gasteiger partial charge in [-0.1, -0.05) is 12.8 Å². The van der Waals surface area contributed by atoms with Gasteiger partial charge in [0, 0.05) is 17.8 Å². The van der Waals surface area contributed by atoms with Crippen molar-refractivity contribution in [3.63, 3.8) is 0 Å². The van der Waals surface area contributed by atoms with Gasteiger partial charge in [-0.25, -0.2) is 9.97 Å². The smallest absolute Gasteiger partial charge is 0.328 e. The maximum atomic E-state index is 10.7. The van der Waals surface area contributed by atoms with Crippen LogP contribution in [0.25, 0.3) is 0 Å². The number of aliphatic carboxylic acids is 1. The number of carboxylic acid groups (broad SMARTS) is 1. The van der Waals surface area contributed by atoms with E-state index >= 15 is 0 Å². The van der Waals surface area contributed by atoms with E-state index in [9.17, 15) is 4.79 Å². The summed E-state index contributed by atoms with van der Waals surface area (Å²) in [6, 6.07) is 0.731. The topological polar surface area (TPSA) is 89.1 Å². The zero-order chi connectivity index (χ0) is 11.5. The van der Waals surface area contributed by atoms with Gasteiger partial charge in [0.2, 0.25) is 0 Å². The molecule has 0 saturated heterocycles. The largest absolute Gasteiger partial charge is 0.480 e. The molecule has 3 N–H and O–H groups in total. The van der Waals surface area contributed by atoms with Gasteiger partial charge >= 0.3 is 5.97 Å². The number of hydrogen-bond donors (Lipinski definition) is 2. The maximum absolute atomic E-state index is 10.7. The molecule has 5 nitrogen and oxygen atoms in total. The molecule has 0 spiro atoms. The van der Waals surface area contributed by atoms with E-state index in [0.717, 1.165) is 18.5 Å². The van der Waals surface area contributed by atoms with Crippen LogP contribution in [0.15, 0.2) is 12.3 Å². The number of aromatic nitrogens is 2. The summed E-state index contributed by atoms with van der Waals surface area (Å²) in [5, 5.41) is 8.79. The van der Waals surface area contributed by atoms with Gasteiger partial charge in [-0.05, 0) is 18.9 Å². The molecule has 2 rings (SSSR count). The molecule has 1 aromatic rings. The van der Waals surface area contributed by atoms with Crippen molar-refractivity contribution in [2.24, 2.45) is 5.73 Å². The first kappa shape index (κ1) is 11.0. The van der Waals surface area contributed by atoms with Gasteiger partial charge in [-0.3, -0.25) is 4.79 Å². The number of nitrogens with two attached hydrogens (primary N) is 1. The van der Waals surface area contributed by atoms with Crippen molar-refractivity contribution in [2.75, 3.05) is 0 Å². The molecular weight excluding hydrogens is 206 g/mol. The molecule has 1 saturated carbocycles. The Labute approximate surface area is 93.7 Å². The van der Waals surface area contributed by atoms with Crippen molar-refractivity contribution < 1.29 is 9.90 Å². The molecular formula is C11H15N3O2. The van der Waals surface area contributed by atoms with Crippen molar-refractivity contribution >= 4 is 5.97 Å². The Morgan fingerprint density at radius 1 is 1.50 bits per heavy atom. The summed E-state index contributed by atoms with van der Waals surface area (Å²) in [5.41, 5.74) is 6.41. The van der Waals surface area contributed by atoms with Crippen molar-refractivity contribution in [1.29, 1.82) is 0 Å². The molecule has 5 heteroatoms. The highest BCUT2D eigenvalue weighted by Gasteiger charge is 2.22. The van der Waals surface area contributed by atoms with Crippen LogP contribution in [0.1, 0.15) is 49.2 Å². The number of hydrogen-bond acceptors (Lipinski definition) is 4. The molecule has 1 fully saturated rings. The summed E-state index contributed by atoms with van der Waals surface area (Å²) in [5.74, 6) is -0.441. The maximum Gasteiger partial charge on any atom is 0.328 e. The highest BCUT2D eigenvalue weighted by Crippen LogP contribution is 2.32. The Morgan fingerprint density at radius 3 is 2.81 bits per heavy atom. The third kappa shape index (κ3) is 2.19. The first-order chi connectivity index (χ1) is 7.68. The van der Waals surface area contributed by atoms with E-state index in [4.69, 9.17) is 10.8 Å². The summed E-state index contributed by atoms with van der Waals surface area (Å²) in [7, 11) is 0. The molecule has 0 bridgehead atoms. The number of nitrogens with zero attached hydrogens (tertiary/aromatic N) is 2. The highest BCUT2D eigenvalue weighted by atomic mass is 16.4. The molecule has 1 aromatic heterocycles. The van der Waals surface area contributed by atoms with Gasteiger partial charge < -0.3 is 10.8 Å². The second-order valence-electron chi connectivity index (χ2n) is 4.14. The van der Waals surface area contributed by atoms with Crippen molar-refractivity contribution in [3.8, 4) is 0 Å². The normalized spacial score (nSPS) is 18.6. The molecule has 1 aliphatic carbocycles. The van der Waals surface area contributed by atoms with Crippen LogP contribution in [0, 0.1) is 0 Å². The Kier molecular flexibility index (Phi) is 3.14. The lowest BCUT2D eigenvalue weighted by atomic mass is 10.0. The number of carbonyl (C=O) groups is 1. The highest BCUT2D eigenvalue weighted by molar-refractivity contribution is 5.73. The Morgan fingerprint density at radius 2 is 2.19 bits per heavy atom. The van der Waals surface area contributed by atoms with Crippen LogP contribution >= 0.6 is 0 Å². The fraction of sp³-hybridized carbons (Fsp3) is 0.545. The van der Waals surface area contributed by atoms with Gasteiger partial charge in [0.05, 0.1) is 0 Å². The van der Waals surface area contributed by atoms with E-state index in [-0.39, 0.29) is 5.82 Å². The summed E-state index contributed by atoms with van der Waals surface area (Å²) in [4.78, 5) is 18.9. The van der Waals surface area contributed by atoms with Crippen LogP contribution in [-0.4, -0.2) is 21.0 Å². The molecule has 1 atom stereocenters. The number of rotatable bonds is 3. The first-order valence-corrected chi connectivity index (χ1v) is 5.49. The Bertz CT molecular complexity index is 389. The van der Waals surface area contributed by atoms with Crippen LogP contribution < -0.4 is 5.73 Å². The lowest BCUT2D eigenvalue weighted by Gasteiger charge is -2.11. The Hall–Kier alpha value is -1.49. The Balaban J connectivity index is 2.21. The minimum atomic E-state index is -1.12. The van der Waals surface area contributed by atoms with E-state index < -0.39 is 12.0 Å². The molecule has 0 aliphatic heterocycles. The lowest BCUT2D eigenvalue weighted by molar-refractivity contribution is -0.138. The second-order valence-corrected chi connectivity index (χ2v) is 4.14. The first-order valence-electron chi connectivity index (χ1n) is 5.49. The van der Waals surface area contributed by atoms with E-state index in [1.54, 1.807) is 6.20 Å². The molecule has 1 heterocycles. The third-order valence-corrected chi connectivity index (χ3v) is 3.01. The van der Waals surface area contributed by atoms with Gasteiger partial charge in [-0.2, -0.15) is 0 Å². The molecule has 0 radical (unpaired) electrons. The van der Waals surface area contributed by atoms with E-state index in [0.29, 0.717) is 5.92 Å². The monoisotopic (exact) mass is 221 g/mol. The predicted octanol–water partition coefficient (Wildman–Crippen LogP) is 1.22. The fourth-order valence-electron chi connectivity index (χ4n) is 2.10. The fourth-order valence-corrected chi connectivity index (χ4v) is 2.10. The van der Waals surface area contributed by atoms with Crippen molar-refractivity contribution in [2.45, 2.75) is 37.6 Å². The molecule has 0 amide bonds. The average Bonchev–Trinajstić information content (AvgIpc) is 2.81. The van der Waals surface area contributed by atoms with Crippen molar-refractivity contribution in [3.05, 3.63) is 23.8 Å². The summed E-state index contributed by atoms with van der Waals surface area (Å²) in [6.07, 6.45) is 6.28. The van der Waals surface area contributed by atoms with Crippen LogP contribution in [-0.2, 0) is 4.79 Å². The minimum Gasteiger partial charge on any atom is -0.480 e. The zero-order valence-corrected chi connectivity index (χ0v) is 8.97. The average molecular weight is 221 g/mol. The SMILES string of the molecule is NC(C(=O)O)c1nccc(C2CCCC2)n1. The van der Waals surface area contributed by atoms with Crippen LogP contribution in [0.5, 0.6) is 0 Å². The molecule has 0 aromatic carbocycles. The molecule has 1 unspecified atom stereocenters. The van der Waals surface area contributed by atoms with E-state index in [2.05, 4.69) is 9.97 Å². The second kappa shape index (κ2) is 4.57. The third-order valence-electron chi connectivity index (χ3n) is 3.01. The van der Waals surface area contributed by atoms with E-state index in [1.165, 1.54) is 12.8 Å². The van der Waals surface area contributed by atoms with Crippen LogP contribution in [0.2, 0.25) is 0 Å². The van der Waals surface area contributed by atoms with Crippen molar-refractivity contribution in [1.82, 2.24) is 9.97 Å². The summed E-state index contributed by atoms with van der Waals surface area (Å²) < 4.78 is 0. The zero-order valence-electron chi connectivity index (χ0n) is 8.97. The van der Waals surface area contributed by atoms with Crippen LogP contribution in [0.3, 0.4) is 0 Å². The van der Waals surface area contributed by atoms with Crippen LogP contribution in [0.4, 0.5) is 0 Å². The van der Waals surface area contributed by atoms with Gasteiger partial charge in [-0.15, -0.1) is 0 Å². The van der Waals surface area contributed by atoms with Gasteiger partial charge in [0.1, 0.15) is 0 Å². The molecule has 1 aliphatic rings. The molecule has 86 valence electrons. The predicted molar refractivity (Wildman–Crippen MR) is 57.8 cm³/mol. The number of carboxylic acids is 1. The minimum absolute atomic E-state index is 0.205. The quantitative estimate of drug-likeness (QED) is 0.801. The summed E-state index contributed by atoms with van der Waals surface area (Å²) in [6.45, 7) is 0. The standard InChI is InChI=1S/C11H15N3O2/c12-9(11(15)16)10-13-6-5-8(14-10)7-3-1-2-4-7/h5-7,9H,1-4,12H2,(H,15,16).